The summed E-state index contributed by atoms with van der Waals surface area (Å²) in [6.07, 6.45) is 2.01. The quantitative estimate of drug-likeness (QED) is 0.694. The molecule has 0 aliphatic rings. The van der Waals surface area contributed by atoms with E-state index in [1.807, 2.05) is 36.0 Å². The molecule has 0 radical (unpaired) electrons. The highest BCUT2D eigenvalue weighted by Crippen LogP contribution is 2.30. The highest BCUT2D eigenvalue weighted by atomic mass is 32.1. The first-order chi connectivity index (χ1) is 11.8. The van der Waals surface area contributed by atoms with Gasteiger partial charge < -0.3 is 14.4 Å². The van der Waals surface area contributed by atoms with Gasteiger partial charge in [0.05, 0.1) is 26.1 Å². The minimum Gasteiger partial charge on any atom is -0.497 e. The van der Waals surface area contributed by atoms with Crippen molar-refractivity contribution in [3.63, 3.8) is 0 Å². The molecule has 6 nitrogen and oxygen atoms in total. The van der Waals surface area contributed by atoms with E-state index in [1.165, 1.54) is 0 Å². The van der Waals surface area contributed by atoms with E-state index in [4.69, 9.17) is 14.5 Å². The minimum atomic E-state index is 0.0238. The second-order valence-corrected chi connectivity index (χ2v) is 7.96. The molecule has 2 aromatic heterocycles. The molecule has 0 N–H and O–H groups in total. The molecule has 1 aromatic carbocycles. The van der Waals surface area contributed by atoms with Gasteiger partial charge in [0, 0.05) is 30.6 Å². The molecule has 0 aliphatic carbocycles. The number of hydrogen-bond acceptors (Lipinski definition) is 6. The molecule has 134 valence electrons. The van der Waals surface area contributed by atoms with E-state index < -0.39 is 0 Å². The second-order valence-electron chi connectivity index (χ2n) is 7.02. The van der Waals surface area contributed by atoms with Crippen molar-refractivity contribution >= 4 is 21.4 Å². The number of benzene rings is 1. The number of nitrogens with zero attached hydrogens (tertiary/aromatic N) is 4. The number of aromatic nitrogens is 3. The third-order valence-corrected chi connectivity index (χ3v) is 5.07. The molecule has 0 spiro atoms. The number of fused-ring (bicyclic) bond motifs is 1. The minimum absolute atomic E-state index is 0.0238. The van der Waals surface area contributed by atoms with E-state index in [1.54, 1.807) is 25.6 Å². The Balaban J connectivity index is 1.82. The summed E-state index contributed by atoms with van der Waals surface area (Å²) in [6, 6.07) is 5.86. The van der Waals surface area contributed by atoms with Crippen LogP contribution in [0.25, 0.3) is 4.96 Å². The van der Waals surface area contributed by atoms with Crippen molar-refractivity contribution in [2.24, 2.45) is 0 Å². The predicted molar refractivity (Wildman–Crippen MR) is 101 cm³/mol. The van der Waals surface area contributed by atoms with Crippen LogP contribution in [0.3, 0.4) is 0 Å². The van der Waals surface area contributed by atoms with Gasteiger partial charge in [0.25, 0.3) is 0 Å². The molecule has 3 aromatic rings. The average molecular weight is 360 g/mol. The first kappa shape index (κ1) is 17.5. The van der Waals surface area contributed by atoms with Crippen LogP contribution in [0.4, 0.5) is 5.13 Å². The maximum absolute atomic E-state index is 5.48. The smallest absolute Gasteiger partial charge is 0.214 e. The van der Waals surface area contributed by atoms with Crippen molar-refractivity contribution < 1.29 is 9.47 Å². The summed E-state index contributed by atoms with van der Waals surface area (Å²) in [7, 11) is 5.34. The molecule has 0 bridgehead atoms. The van der Waals surface area contributed by atoms with Gasteiger partial charge in [-0.15, -0.1) is 5.10 Å². The van der Waals surface area contributed by atoms with E-state index in [0.29, 0.717) is 6.54 Å². The number of ether oxygens (including phenoxy) is 2. The van der Waals surface area contributed by atoms with Crippen molar-refractivity contribution in [2.75, 3.05) is 26.2 Å². The molecule has 7 heteroatoms. The Bertz CT molecular complexity index is 847. The lowest BCUT2D eigenvalue weighted by Crippen LogP contribution is -2.17. The van der Waals surface area contributed by atoms with Crippen molar-refractivity contribution in [1.29, 1.82) is 0 Å². The predicted octanol–water partition coefficient (Wildman–Crippen LogP) is 3.74. The zero-order chi connectivity index (χ0) is 18.2. The van der Waals surface area contributed by atoms with Crippen molar-refractivity contribution in [3.8, 4) is 11.5 Å². The standard InChI is InChI=1S/C18H24N4O2S/c1-18(2,3)15-11-22-16(19-15)25-17(20-22)21(4)10-12-7-8-13(23-5)9-14(12)24-6/h7-9,11H,10H2,1-6H3. The fourth-order valence-electron chi connectivity index (χ4n) is 2.51. The van der Waals surface area contributed by atoms with Crippen LogP contribution < -0.4 is 14.4 Å². The van der Waals surface area contributed by atoms with Crippen LogP contribution in [0.1, 0.15) is 32.0 Å². The summed E-state index contributed by atoms with van der Waals surface area (Å²) in [5, 5.41) is 5.58. The molecule has 25 heavy (non-hydrogen) atoms. The summed E-state index contributed by atoms with van der Waals surface area (Å²) in [4.78, 5) is 7.71. The number of methoxy groups -OCH3 is 2. The van der Waals surface area contributed by atoms with Crippen LogP contribution in [-0.2, 0) is 12.0 Å². The van der Waals surface area contributed by atoms with Gasteiger partial charge in [-0.05, 0) is 12.1 Å². The van der Waals surface area contributed by atoms with Crippen LogP contribution >= 0.6 is 11.3 Å². The Labute approximate surface area is 152 Å². The molecule has 0 saturated heterocycles. The Morgan fingerprint density at radius 2 is 1.96 bits per heavy atom. The fourth-order valence-corrected chi connectivity index (χ4v) is 3.35. The summed E-state index contributed by atoms with van der Waals surface area (Å²) >= 11 is 1.58. The van der Waals surface area contributed by atoms with Gasteiger partial charge in [-0.25, -0.2) is 9.50 Å². The zero-order valence-corrected chi connectivity index (χ0v) is 16.3. The SMILES string of the molecule is COc1ccc(CN(C)c2nn3cc(C(C)(C)C)nc3s2)c(OC)c1. The topological polar surface area (TPSA) is 51.9 Å². The van der Waals surface area contributed by atoms with Gasteiger partial charge in [0.2, 0.25) is 10.1 Å². The van der Waals surface area contributed by atoms with Gasteiger partial charge >= 0.3 is 0 Å². The Kier molecular flexibility index (Phi) is 4.60. The average Bonchev–Trinajstić information content (AvgIpc) is 3.13. The van der Waals surface area contributed by atoms with Crippen molar-refractivity contribution in [3.05, 3.63) is 35.7 Å². The summed E-state index contributed by atoms with van der Waals surface area (Å²) < 4.78 is 12.6. The summed E-state index contributed by atoms with van der Waals surface area (Å²) in [6.45, 7) is 7.16. The van der Waals surface area contributed by atoms with Crippen LogP contribution in [0.5, 0.6) is 11.5 Å². The van der Waals surface area contributed by atoms with Gasteiger partial charge in [-0.1, -0.05) is 32.1 Å². The Hall–Kier alpha value is -2.28. The van der Waals surface area contributed by atoms with Gasteiger partial charge in [0.1, 0.15) is 11.5 Å². The Morgan fingerprint density at radius 1 is 1.20 bits per heavy atom. The molecular weight excluding hydrogens is 336 g/mol. The third kappa shape index (κ3) is 3.56. The molecule has 0 amide bonds. The Morgan fingerprint density at radius 3 is 2.56 bits per heavy atom. The highest BCUT2D eigenvalue weighted by molar-refractivity contribution is 7.20. The van der Waals surface area contributed by atoms with Crippen molar-refractivity contribution in [1.82, 2.24) is 14.6 Å². The van der Waals surface area contributed by atoms with E-state index in [-0.39, 0.29) is 5.41 Å². The number of hydrogen-bond donors (Lipinski definition) is 0. The van der Waals surface area contributed by atoms with Gasteiger partial charge in [-0.3, -0.25) is 0 Å². The fraction of sp³-hybridized carbons (Fsp3) is 0.444. The van der Waals surface area contributed by atoms with E-state index >= 15 is 0 Å². The highest BCUT2D eigenvalue weighted by Gasteiger charge is 2.20. The monoisotopic (exact) mass is 360 g/mol. The number of rotatable bonds is 5. The summed E-state index contributed by atoms with van der Waals surface area (Å²) in [5.74, 6) is 1.59. The number of imidazole rings is 1. The first-order valence-electron chi connectivity index (χ1n) is 8.10. The lowest BCUT2D eigenvalue weighted by atomic mass is 9.93. The van der Waals surface area contributed by atoms with Crippen LogP contribution in [-0.4, -0.2) is 35.9 Å². The molecule has 0 fully saturated rings. The van der Waals surface area contributed by atoms with E-state index in [9.17, 15) is 0 Å². The first-order valence-corrected chi connectivity index (χ1v) is 8.92. The van der Waals surface area contributed by atoms with E-state index in [0.717, 1.165) is 32.8 Å². The third-order valence-electron chi connectivity index (χ3n) is 4.03. The lowest BCUT2D eigenvalue weighted by Gasteiger charge is -2.18. The zero-order valence-electron chi connectivity index (χ0n) is 15.5. The summed E-state index contributed by atoms with van der Waals surface area (Å²) in [5.41, 5.74) is 2.15. The maximum atomic E-state index is 5.48. The van der Waals surface area contributed by atoms with Gasteiger partial charge in [0.15, 0.2) is 0 Å². The molecule has 3 rings (SSSR count). The molecule has 0 unspecified atom stereocenters. The molecule has 0 atom stereocenters. The lowest BCUT2D eigenvalue weighted by molar-refractivity contribution is 0.391. The van der Waals surface area contributed by atoms with E-state index in [2.05, 4.69) is 30.8 Å². The molecular formula is C18H24N4O2S. The van der Waals surface area contributed by atoms with Crippen molar-refractivity contribution in [2.45, 2.75) is 32.7 Å². The van der Waals surface area contributed by atoms with Crippen LogP contribution in [0.2, 0.25) is 0 Å². The number of anilines is 1. The molecule has 0 aliphatic heterocycles. The second kappa shape index (κ2) is 6.55. The molecule has 2 heterocycles. The van der Waals surface area contributed by atoms with Gasteiger partial charge in [-0.2, -0.15) is 0 Å². The van der Waals surface area contributed by atoms with Crippen LogP contribution in [0.15, 0.2) is 24.4 Å². The van der Waals surface area contributed by atoms with Crippen LogP contribution in [0, 0.1) is 0 Å². The normalized spacial score (nSPS) is 11.8. The maximum Gasteiger partial charge on any atom is 0.214 e. The molecule has 0 saturated carbocycles. The largest absolute Gasteiger partial charge is 0.497 e.